The summed E-state index contributed by atoms with van der Waals surface area (Å²) in [5, 5.41) is 40.7. The van der Waals surface area contributed by atoms with Gasteiger partial charge in [-0.1, -0.05) is 123 Å². The number of aromatic nitrogens is 1. The number of aliphatic carboxylic acids is 2. The molecular weight excluding hydrogens is 1510 g/mol. The van der Waals surface area contributed by atoms with Crippen molar-refractivity contribution in [1.29, 1.82) is 0 Å². The summed E-state index contributed by atoms with van der Waals surface area (Å²) < 4.78 is 18.0. The van der Waals surface area contributed by atoms with Gasteiger partial charge in [0.15, 0.2) is 5.78 Å². The minimum Gasteiger partial charge on any atom is -0.478 e. The fourth-order valence-corrected chi connectivity index (χ4v) is 15.2. The third-order valence-electron chi connectivity index (χ3n) is 19.9. The van der Waals surface area contributed by atoms with Gasteiger partial charge in [0.05, 0.1) is 58.5 Å². The van der Waals surface area contributed by atoms with E-state index in [-0.39, 0.29) is 83.8 Å². The van der Waals surface area contributed by atoms with E-state index in [4.69, 9.17) is 19.9 Å². The van der Waals surface area contributed by atoms with Crippen molar-refractivity contribution in [3.05, 3.63) is 134 Å². The molecule has 1 aromatic heterocycles. The number of thiazole rings is 1. The number of primary amides is 1. The summed E-state index contributed by atoms with van der Waals surface area (Å²) in [6.45, 7) is 16.4. The van der Waals surface area contributed by atoms with Gasteiger partial charge in [-0.3, -0.25) is 48.1 Å². The molecular formula is C80H112N12O18S3. The van der Waals surface area contributed by atoms with E-state index in [1.54, 1.807) is 103 Å². The highest BCUT2D eigenvalue weighted by Gasteiger charge is 2.44. The number of carbonyl (C=O) groups is 13. The number of carboxylic acid groups (broad SMARTS) is 2. The van der Waals surface area contributed by atoms with Gasteiger partial charge >= 0.3 is 24.1 Å². The van der Waals surface area contributed by atoms with Gasteiger partial charge in [-0.05, 0) is 109 Å². The van der Waals surface area contributed by atoms with Gasteiger partial charge in [0.1, 0.15) is 29.7 Å². The zero-order valence-electron chi connectivity index (χ0n) is 67.0. The lowest BCUT2D eigenvalue weighted by Crippen LogP contribution is -2.60. The number of nitrogens with zero attached hydrogens (tertiary/aromatic N) is 4. The summed E-state index contributed by atoms with van der Waals surface area (Å²) in [4.78, 5) is 185. The van der Waals surface area contributed by atoms with Crippen molar-refractivity contribution in [3.63, 3.8) is 0 Å². The highest BCUT2D eigenvalue weighted by Crippen LogP contribution is 2.32. The Morgan fingerprint density at radius 1 is 0.690 bits per heavy atom. The van der Waals surface area contributed by atoms with Crippen LogP contribution in [0.5, 0.6) is 0 Å². The first-order valence-corrected chi connectivity index (χ1v) is 40.9. The summed E-state index contributed by atoms with van der Waals surface area (Å²) in [6, 6.07) is 15.0. The molecule has 0 radical (unpaired) electrons. The van der Waals surface area contributed by atoms with E-state index >= 15 is 0 Å². The Morgan fingerprint density at radius 2 is 1.30 bits per heavy atom. The van der Waals surface area contributed by atoms with E-state index in [0.29, 0.717) is 43.4 Å². The van der Waals surface area contributed by atoms with Gasteiger partial charge in [0.25, 0.3) is 5.91 Å². The van der Waals surface area contributed by atoms with Gasteiger partial charge in [-0.15, -0.1) is 34.9 Å². The number of likely N-dealkylation sites (tertiary alicyclic amines) is 1. The highest BCUT2D eigenvalue weighted by atomic mass is 32.2. The lowest BCUT2D eigenvalue weighted by Gasteiger charge is -2.41. The van der Waals surface area contributed by atoms with Crippen LogP contribution in [0.3, 0.4) is 0 Å². The molecule has 113 heavy (non-hydrogen) atoms. The first-order valence-electron chi connectivity index (χ1n) is 37.6. The first kappa shape index (κ1) is 93.9. The maximum Gasteiger partial charge on any atom is 0.410 e. The Balaban J connectivity index is 1.24. The first-order chi connectivity index (χ1) is 53.6. The van der Waals surface area contributed by atoms with Crippen LogP contribution in [0.15, 0.2) is 112 Å². The second-order valence-corrected chi connectivity index (χ2v) is 31.6. The predicted octanol–water partition coefficient (Wildman–Crippen LogP) is 8.33. The van der Waals surface area contributed by atoms with E-state index in [0.717, 1.165) is 51.1 Å². The van der Waals surface area contributed by atoms with Crippen LogP contribution in [0.1, 0.15) is 135 Å². The molecule has 1 aliphatic rings. The number of carbonyl (C=O) groups excluding carboxylic acids is 11. The van der Waals surface area contributed by atoms with Crippen LogP contribution >= 0.6 is 34.9 Å². The number of ketones is 1. The van der Waals surface area contributed by atoms with Crippen LogP contribution in [0, 0.1) is 35.5 Å². The summed E-state index contributed by atoms with van der Waals surface area (Å²) in [7, 11) is 6.09. The Bertz CT molecular complexity index is 3940. The largest absolute Gasteiger partial charge is 0.478 e. The number of anilines is 2. The number of amides is 11. The van der Waals surface area contributed by atoms with Crippen LogP contribution in [0.2, 0.25) is 0 Å². The molecule has 0 unspecified atom stereocenters. The smallest absolute Gasteiger partial charge is 0.410 e. The molecule has 4 aromatic rings. The summed E-state index contributed by atoms with van der Waals surface area (Å²) >= 11 is 3.16. The molecule has 0 spiro atoms. The molecule has 1 aliphatic heterocycles. The number of rotatable bonds is 45. The van der Waals surface area contributed by atoms with Crippen molar-refractivity contribution in [1.82, 2.24) is 46.3 Å². The molecule has 1 fully saturated rings. The lowest BCUT2D eigenvalue weighted by atomic mass is 9.89. The quantitative estimate of drug-likeness (QED) is 0.0147. The van der Waals surface area contributed by atoms with Crippen LogP contribution in [0.4, 0.5) is 21.0 Å². The number of methoxy groups -OCH3 is 2. The highest BCUT2D eigenvalue weighted by molar-refractivity contribution is 8.03. The maximum atomic E-state index is 15.0. The fourth-order valence-electron chi connectivity index (χ4n) is 13.6. The lowest BCUT2D eigenvalue weighted by molar-refractivity contribution is -0.148. The van der Waals surface area contributed by atoms with Crippen molar-refractivity contribution >= 4 is 123 Å². The maximum absolute atomic E-state index is 15.0. The number of nitrogens with two attached hydrogens (primary N) is 1. The van der Waals surface area contributed by atoms with E-state index in [9.17, 15) is 72.5 Å². The number of carboxylic acids is 2. The van der Waals surface area contributed by atoms with E-state index < -0.39 is 150 Å². The second-order valence-electron chi connectivity index (χ2n) is 29.0. The summed E-state index contributed by atoms with van der Waals surface area (Å²) in [6.07, 6.45) is 5.92. The third-order valence-corrected chi connectivity index (χ3v) is 22.2. The average Bonchev–Trinajstić information content (AvgIpc) is 1.79. The molecule has 30 nitrogen and oxygen atoms in total. The van der Waals surface area contributed by atoms with E-state index in [1.165, 1.54) is 62.3 Å². The second kappa shape index (κ2) is 46.5. The van der Waals surface area contributed by atoms with Crippen molar-refractivity contribution in [2.75, 3.05) is 64.5 Å². The average molecular weight is 1630 g/mol. The molecule has 0 saturated carbocycles. The van der Waals surface area contributed by atoms with E-state index in [1.807, 2.05) is 49.6 Å². The fraction of sp³-hybridized carbons (Fsp3) is 0.525. The molecule has 618 valence electrons. The molecule has 11 amide bonds. The third kappa shape index (κ3) is 28.7. The van der Waals surface area contributed by atoms with Gasteiger partial charge in [-0.2, -0.15) is 0 Å². The van der Waals surface area contributed by atoms with Crippen molar-refractivity contribution in [3.8, 4) is 0 Å². The van der Waals surface area contributed by atoms with Crippen LogP contribution < -0.4 is 43.0 Å². The zero-order valence-corrected chi connectivity index (χ0v) is 69.4. The van der Waals surface area contributed by atoms with Gasteiger partial charge < -0.3 is 77.2 Å². The van der Waals surface area contributed by atoms with Gasteiger partial charge in [-0.25, -0.2) is 24.2 Å². The summed E-state index contributed by atoms with van der Waals surface area (Å²) in [5.74, 6) is -11.3. The number of thioether (sulfide) groups is 2. The number of benzene rings is 3. The van der Waals surface area contributed by atoms with Gasteiger partial charge in [0.2, 0.25) is 41.4 Å². The molecule has 0 bridgehead atoms. The van der Waals surface area contributed by atoms with Crippen molar-refractivity contribution in [2.24, 2.45) is 41.2 Å². The Labute approximate surface area is 673 Å². The van der Waals surface area contributed by atoms with Gasteiger partial charge in [0, 0.05) is 95.3 Å². The monoisotopic (exact) mass is 1620 g/mol. The standard InChI is InChI=1S/C80H112N12O18S3/c1-16-48(8)69(60(108-12)41-64(95)92-36-21-25-58(92)70(109-13)49(9)71(98)87-57(76-82-35-37-113-76)39-50-22-18-17-19-23-50)90(10)77(103)67(46(4)5)89-75(102)68(47(6)7)91(11)80(107)110-44-52-28-32-54(33-29-52)84-72(99)53(24-20-34-83-79(81)106)40-59(93)66(45(2)3)88-73(100)56(86-63(94)42-62(112-15)78(104)105)38-51-26-30-55(31-27-51)85-74(101)61(111-14)43-65(96)97/h17-19,22-23,26-33,35,37,42-43,45-49,53,56-58,60,66-70H,16,20-21,24-25,34,36,38-41,44H2,1-15H3,(H,84,99)(H,85,101)(H,86,94)(H,87,98)(H,88,100)(H,89,102)(H,96,97)(H,104,105)(H3,81,83,106)/b61-43+,62-42+/t48-,49+,53+,56-,57-,58-,60+,66-,67-,68-,69-,70+/m0/s1. The number of hydrogen-bond acceptors (Lipinski definition) is 20. The predicted molar refractivity (Wildman–Crippen MR) is 434 cm³/mol. The number of urea groups is 1. The molecule has 12 atom stereocenters. The van der Waals surface area contributed by atoms with Crippen molar-refractivity contribution < 1.29 is 86.8 Å². The van der Waals surface area contributed by atoms with E-state index in [2.05, 4.69) is 42.2 Å². The Morgan fingerprint density at radius 3 is 1.85 bits per heavy atom. The number of hydrogen-bond donors (Lipinski definition) is 10. The Hall–Kier alpha value is -9.70. The SMILES string of the molecule is CC[C@H](C)[C@@H]([C@@H](CC(=O)N1CCC[C@H]1[C@H](OC)[C@@H](C)C(=O)N[C@@H](Cc1ccccc1)c1nccs1)OC)N(C)C(=O)[C@@H](NC(=O)[C@H](C(C)C)N(C)C(=O)OCc1ccc(NC(=O)[C@H](CCCNC(N)=O)CC(=O)[C@@H](NC(=O)[C@H](Cc2ccc(NC(=O)/C(=C\C(=O)O)SC)cc2)NC(=O)/C=C(/SC)C(=O)O)C(C)C)cc1)C(C)C. The molecule has 5 rings (SSSR count). The molecule has 11 N–H and O–H groups in total. The number of likely N-dealkylation sites (N-methyl/N-ethyl adjacent to an activating group) is 2. The van der Waals surface area contributed by atoms with Crippen LogP contribution in [-0.4, -0.2) is 209 Å². The molecule has 0 aliphatic carbocycles. The number of ether oxygens (including phenoxy) is 3. The minimum atomic E-state index is -1.41. The molecule has 33 heteroatoms. The normalized spacial score (nSPS) is 16.0. The minimum absolute atomic E-state index is 0.0553. The van der Waals surface area contributed by atoms with Crippen LogP contribution in [0.25, 0.3) is 0 Å². The number of Topliss-reactive ketones (excluding diaryl/α,β-unsaturated/α-hetero) is 1. The van der Waals surface area contributed by atoms with Crippen LogP contribution in [-0.2, 0) is 86.4 Å². The molecule has 2 heterocycles. The Kier molecular flexibility index (Phi) is 38.6. The molecule has 1 saturated heterocycles. The molecule has 3 aromatic carbocycles. The van der Waals surface area contributed by atoms with Crippen molar-refractivity contribution in [2.45, 2.75) is 181 Å². The topological polar surface area (TPSA) is 423 Å². The number of nitrogens with one attached hydrogen (secondary N) is 7. The zero-order chi connectivity index (χ0) is 83.9. The summed E-state index contributed by atoms with van der Waals surface area (Å²) in [5.41, 5.74) is 7.84.